The zero-order valence-corrected chi connectivity index (χ0v) is 23.1. The van der Waals surface area contributed by atoms with Gasteiger partial charge in [-0.1, -0.05) is 13.0 Å². The monoisotopic (exact) mass is 573 g/mol. The predicted octanol–water partition coefficient (Wildman–Crippen LogP) is 4.64. The van der Waals surface area contributed by atoms with Crippen molar-refractivity contribution in [1.82, 2.24) is 13.9 Å². The van der Waals surface area contributed by atoms with Crippen LogP contribution < -0.4 is 5.43 Å². The smallest absolute Gasteiger partial charge is 0.283 e. The number of sulfonamides is 1. The highest BCUT2D eigenvalue weighted by atomic mass is 32.2. The summed E-state index contributed by atoms with van der Waals surface area (Å²) >= 11 is 1.15. The largest absolute Gasteiger partial charge is 0.329 e. The minimum Gasteiger partial charge on any atom is -0.329 e. The molecule has 15 heteroatoms. The van der Waals surface area contributed by atoms with Crippen molar-refractivity contribution >= 4 is 45.1 Å². The van der Waals surface area contributed by atoms with Gasteiger partial charge in [0.2, 0.25) is 10.0 Å². The summed E-state index contributed by atoms with van der Waals surface area (Å²) in [4.78, 5) is 26.2. The summed E-state index contributed by atoms with van der Waals surface area (Å²) < 4.78 is 30.3. The van der Waals surface area contributed by atoms with E-state index in [4.69, 9.17) is 0 Å². The minimum atomic E-state index is -4.08. The minimum absolute atomic E-state index is 0.0547. The molecule has 206 valence electrons. The van der Waals surface area contributed by atoms with Crippen LogP contribution in [0, 0.1) is 26.1 Å². The fourth-order valence-electron chi connectivity index (χ4n) is 4.37. The summed E-state index contributed by atoms with van der Waals surface area (Å²) in [6, 6.07) is 7.79. The molecule has 1 fully saturated rings. The number of nitro groups is 2. The Morgan fingerprint density at radius 2 is 1.92 bits per heavy atom. The van der Waals surface area contributed by atoms with Crippen LogP contribution in [-0.4, -0.2) is 50.9 Å². The molecule has 2 atom stereocenters. The van der Waals surface area contributed by atoms with Gasteiger partial charge >= 0.3 is 0 Å². The Balaban J connectivity index is 1.61. The van der Waals surface area contributed by atoms with E-state index >= 15 is 0 Å². The number of hydrazone groups is 1. The molecule has 3 aromatic rings. The molecule has 0 amide bonds. The van der Waals surface area contributed by atoms with Gasteiger partial charge in [-0.15, -0.1) is 0 Å². The second-order valence-electron chi connectivity index (χ2n) is 9.31. The molecular weight excluding hydrogens is 546 g/mol. The maximum absolute atomic E-state index is 13.6. The number of nitro benzene ring substituents is 2. The lowest BCUT2D eigenvalue weighted by atomic mass is 9.95. The van der Waals surface area contributed by atoms with Crippen molar-refractivity contribution in [2.24, 2.45) is 18.1 Å². The quantitative estimate of drug-likeness (QED) is 0.218. The van der Waals surface area contributed by atoms with Gasteiger partial charge in [0, 0.05) is 55.8 Å². The molecule has 0 radical (unpaired) electrons. The maximum atomic E-state index is 13.6. The van der Waals surface area contributed by atoms with Crippen LogP contribution in [0.1, 0.15) is 32.3 Å². The summed E-state index contributed by atoms with van der Waals surface area (Å²) in [6.07, 6.45) is 6.01. The van der Waals surface area contributed by atoms with Gasteiger partial charge in [0.15, 0.2) is 5.16 Å². The van der Waals surface area contributed by atoms with Crippen LogP contribution >= 0.6 is 11.8 Å². The molecule has 1 aliphatic heterocycles. The molecular formula is C24H27N7O6S2. The number of anilines is 1. The second-order valence-corrected chi connectivity index (χ2v) is 12.2. The lowest BCUT2D eigenvalue weighted by molar-refractivity contribution is -0.387. The predicted molar refractivity (Wildman–Crippen MR) is 146 cm³/mol. The van der Waals surface area contributed by atoms with Gasteiger partial charge in [-0.25, -0.2) is 13.4 Å². The van der Waals surface area contributed by atoms with E-state index in [0.717, 1.165) is 17.8 Å². The van der Waals surface area contributed by atoms with Crippen LogP contribution in [0.15, 0.2) is 68.8 Å². The molecule has 0 unspecified atom stereocenters. The summed E-state index contributed by atoms with van der Waals surface area (Å²) in [5.74, 6) is 0.372. The molecule has 4 rings (SSSR count). The standard InChI is InChI=1S/C24H27N7O6S2/c1-16-8-10-29(17(2)12-16)39(36,37)23-14-19(30(32)33)5-6-20(23)27-26-15-18-4-7-22(21(13-18)31(34)35)38-24-25-9-11-28(24)3/h4-7,9,11,13-17,27H,8,10,12H2,1-3H3/b26-15-/t16-,17-/m1/s1. The summed E-state index contributed by atoms with van der Waals surface area (Å²) in [6.45, 7) is 4.19. The van der Waals surface area contributed by atoms with E-state index in [2.05, 4.69) is 22.4 Å². The summed E-state index contributed by atoms with van der Waals surface area (Å²) in [7, 11) is -2.29. The van der Waals surface area contributed by atoms with Crippen molar-refractivity contribution < 1.29 is 18.3 Å². The van der Waals surface area contributed by atoms with Crippen molar-refractivity contribution in [2.75, 3.05) is 12.0 Å². The van der Waals surface area contributed by atoms with Crippen LogP contribution in [0.3, 0.4) is 0 Å². The topological polar surface area (TPSA) is 166 Å². The molecule has 2 heterocycles. The van der Waals surface area contributed by atoms with E-state index < -0.39 is 19.9 Å². The molecule has 0 spiro atoms. The molecule has 1 saturated heterocycles. The third-order valence-electron chi connectivity index (χ3n) is 6.40. The first-order valence-electron chi connectivity index (χ1n) is 12.0. The van der Waals surface area contributed by atoms with Crippen LogP contribution in [0.4, 0.5) is 17.1 Å². The van der Waals surface area contributed by atoms with Gasteiger partial charge in [0.1, 0.15) is 4.90 Å². The average molecular weight is 574 g/mol. The molecule has 0 bridgehead atoms. The van der Waals surface area contributed by atoms with E-state index in [1.165, 1.54) is 28.7 Å². The molecule has 0 aliphatic carbocycles. The third kappa shape index (κ3) is 6.26. The van der Waals surface area contributed by atoms with E-state index in [9.17, 15) is 28.6 Å². The zero-order valence-electron chi connectivity index (χ0n) is 21.4. The van der Waals surface area contributed by atoms with Crippen molar-refractivity contribution in [3.8, 4) is 0 Å². The van der Waals surface area contributed by atoms with Crippen LogP contribution in [0.2, 0.25) is 0 Å². The lowest BCUT2D eigenvalue weighted by Gasteiger charge is -2.35. The number of benzene rings is 2. The van der Waals surface area contributed by atoms with E-state index in [1.54, 1.807) is 36.1 Å². The van der Waals surface area contributed by atoms with Crippen LogP contribution in [-0.2, 0) is 17.1 Å². The van der Waals surface area contributed by atoms with Crippen molar-refractivity contribution in [3.63, 3.8) is 0 Å². The highest BCUT2D eigenvalue weighted by Gasteiger charge is 2.35. The Hall–Kier alpha value is -3.82. The van der Waals surface area contributed by atoms with Crippen molar-refractivity contribution in [2.45, 2.75) is 47.7 Å². The second kappa shape index (κ2) is 11.5. The molecule has 2 aromatic carbocycles. The molecule has 39 heavy (non-hydrogen) atoms. The number of aromatic nitrogens is 2. The van der Waals surface area contributed by atoms with Crippen molar-refractivity contribution in [3.05, 3.63) is 74.6 Å². The van der Waals surface area contributed by atoms with Crippen LogP contribution in [0.25, 0.3) is 0 Å². The summed E-state index contributed by atoms with van der Waals surface area (Å²) in [5.41, 5.74) is 2.60. The van der Waals surface area contributed by atoms with Gasteiger partial charge in [-0.3, -0.25) is 25.7 Å². The van der Waals surface area contributed by atoms with E-state index in [1.807, 2.05) is 6.92 Å². The number of non-ortho nitro benzene ring substituents is 1. The van der Waals surface area contributed by atoms with Gasteiger partial charge in [-0.05, 0) is 49.6 Å². The fraction of sp³-hybridized carbons (Fsp3) is 0.333. The third-order valence-corrected chi connectivity index (χ3v) is 9.59. The van der Waals surface area contributed by atoms with Gasteiger partial charge in [0.25, 0.3) is 11.4 Å². The number of piperidine rings is 1. The number of aryl methyl sites for hydroxylation is 1. The molecule has 1 N–H and O–H groups in total. The number of rotatable bonds is 9. The number of nitrogens with one attached hydrogen (secondary N) is 1. The average Bonchev–Trinajstić information content (AvgIpc) is 3.28. The Kier molecular flexibility index (Phi) is 8.32. The Morgan fingerprint density at radius 3 is 2.56 bits per heavy atom. The van der Waals surface area contributed by atoms with Crippen molar-refractivity contribution in [1.29, 1.82) is 0 Å². The van der Waals surface area contributed by atoms with Crippen LogP contribution in [0.5, 0.6) is 0 Å². The molecule has 13 nitrogen and oxygen atoms in total. The SMILES string of the molecule is C[C@@H]1CCN(S(=O)(=O)c2cc([N+](=O)[O-])ccc2N/N=C\c2ccc(Sc3nccn3C)c([N+](=O)[O-])c2)[C@H](C)C1. The molecule has 0 saturated carbocycles. The number of hydrogen-bond acceptors (Lipinski definition) is 10. The maximum Gasteiger partial charge on any atom is 0.283 e. The lowest BCUT2D eigenvalue weighted by Crippen LogP contribution is -2.44. The number of imidazole rings is 1. The first-order chi connectivity index (χ1) is 18.5. The highest BCUT2D eigenvalue weighted by molar-refractivity contribution is 7.99. The highest BCUT2D eigenvalue weighted by Crippen LogP contribution is 2.35. The normalized spacial score (nSPS) is 18.3. The van der Waals surface area contributed by atoms with Gasteiger partial charge in [-0.2, -0.15) is 9.41 Å². The number of nitrogens with zero attached hydrogens (tertiary/aromatic N) is 6. The molecule has 1 aliphatic rings. The zero-order chi connectivity index (χ0) is 28.3. The first kappa shape index (κ1) is 28.2. The Labute approximate surface area is 229 Å². The Morgan fingerprint density at radius 1 is 1.15 bits per heavy atom. The summed E-state index contributed by atoms with van der Waals surface area (Å²) in [5, 5.41) is 27.8. The van der Waals surface area contributed by atoms with Gasteiger partial charge in [0.05, 0.1) is 26.6 Å². The Bertz CT molecular complexity index is 1540. The van der Waals surface area contributed by atoms with Gasteiger partial charge < -0.3 is 4.57 Å². The van der Waals surface area contributed by atoms with E-state index in [0.29, 0.717) is 40.9 Å². The fourth-order valence-corrected chi connectivity index (χ4v) is 7.08. The number of hydrogen-bond donors (Lipinski definition) is 1. The first-order valence-corrected chi connectivity index (χ1v) is 14.3. The molecule has 1 aromatic heterocycles. The van der Waals surface area contributed by atoms with E-state index in [-0.39, 0.29) is 28.0 Å².